The van der Waals surface area contributed by atoms with Crippen molar-refractivity contribution in [3.8, 4) is 17.2 Å². The maximum atomic E-state index is 13.2. The molecule has 0 amide bonds. The lowest BCUT2D eigenvalue weighted by molar-refractivity contribution is -0.128. The number of aliphatic hydroxyl groups is 4. The topological polar surface area (TPSA) is 227 Å². The van der Waals surface area contributed by atoms with E-state index in [4.69, 9.17) is 0 Å². The molecule has 0 unspecified atom stereocenters. The molecule has 0 aliphatic heterocycles. The van der Waals surface area contributed by atoms with Crippen LogP contribution in [0.5, 0.6) is 17.2 Å². The number of carbonyl (C=O) groups is 5. The summed E-state index contributed by atoms with van der Waals surface area (Å²) in [5.41, 5.74) is -7.10. The number of phenols is 3. The molecule has 12 nitrogen and oxygen atoms in total. The highest BCUT2D eigenvalue weighted by molar-refractivity contribution is 6.24. The van der Waals surface area contributed by atoms with Gasteiger partial charge in [0.05, 0.1) is 10.8 Å². The first-order valence-electron chi connectivity index (χ1n) is 14.9. The molecule has 0 aromatic heterocycles. The Bertz CT molecular complexity index is 1710. The van der Waals surface area contributed by atoms with Gasteiger partial charge in [-0.15, -0.1) is 0 Å². The molecule has 12 heteroatoms. The standard InChI is InChI=1S/C34H40O12/c1-8-10-19(36)22-25(39)15(12-17-27(41)21(14(3)35)31(45)33(4,5)29(17)43)24(38)16(26(22)40)13-18-28(42)23(20(37)11-9-2)32(46)34(6,7)30(18)44/h38-44H,8-13H2,1-7H3. The minimum atomic E-state index is -1.71. The molecule has 1 aromatic rings. The molecule has 1 aromatic carbocycles. The van der Waals surface area contributed by atoms with Crippen LogP contribution in [0, 0.1) is 10.8 Å². The van der Waals surface area contributed by atoms with Gasteiger partial charge in [0.25, 0.3) is 0 Å². The SMILES string of the molecule is CCCC(=O)C1=C(O)C(Cc2c(O)c(CC3=C(O)C(C)(C)C(=O)C(C(C)=O)=C3O)c(O)c(C(=O)CCC)c2O)=C(O)C(C)(C)C1=O. The van der Waals surface area contributed by atoms with Gasteiger partial charge in [0.1, 0.15) is 57.0 Å². The predicted molar refractivity (Wildman–Crippen MR) is 165 cm³/mol. The number of hydrogen-bond donors (Lipinski definition) is 7. The maximum absolute atomic E-state index is 13.2. The van der Waals surface area contributed by atoms with Gasteiger partial charge in [0.2, 0.25) is 0 Å². The van der Waals surface area contributed by atoms with Crippen molar-refractivity contribution in [3.63, 3.8) is 0 Å². The molecule has 7 N–H and O–H groups in total. The number of benzene rings is 1. The Balaban J connectivity index is 2.39. The zero-order valence-corrected chi connectivity index (χ0v) is 26.9. The zero-order valence-electron chi connectivity index (χ0n) is 26.9. The van der Waals surface area contributed by atoms with Crippen molar-refractivity contribution in [3.05, 3.63) is 62.0 Å². The fourth-order valence-corrected chi connectivity index (χ4v) is 5.73. The van der Waals surface area contributed by atoms with Crippen LogP contribution in [-0.2, 0) is 32.0 Å². The molecule has 0 fully saturated rings. The van der Waals surface area contributed by atoms with Crippen LogP contribution >= 0.6 is 0 Å². The summed E-state index contributed by atoms with van der Waals surface area (Å²) < 4.78 is 0. The smallest absolute Gasteiger partial charge is 0.183 e. The average molecular weight is 641 g/mol. The van der Waals surface area contributed by atoms with Crippen molar-refractivity contribution < 1.29 is 59.7 Å². The summed E-state index contributed by atoms with van der Waals surface area (Å²) in [4.78, 5) is 64.4. The number of phenolic OH excluding ortho intramolecular Hbond substituents is 3. The first-order chi connectivity index (χ1) is 21.2. The van der Waals surface area contributed by atoms with Gasteiger partial charge in [-0.2, -0.15) is 0 Å². The summed E-state index contributed by atoms with van der Waals surface area (Å²) in [6, 6.07) is 0. The van der Waals surface area contributed by atoms with E-state index in [1.807, 2.05) is 0 Å². The largest absolute Gasteiger partial charge is 0.511 e. The fraction of sp³-hybridized carbons (Fsp3) is 0.441. The quantitative estimate of drug-likeness (QED) is 0.121. The zero-order chi connectivity index (χ0) is 35.2. The second-order valence-corrected chi connectivity index (χ2v) is 12.6. The molecule has 0 saturated heterocycles. The third-order valence-corrected chi connectivity index (χ3v) is 8.58. The van der Waals surface area contributed by atoms with Gasteiger partial charge >= 0.3 is 0 Å². The van der Waals surface area contributed by atoms with E-state index in [0.717, 1.165) is 6.92 Å². The molecule has 0 saturated carbocycles. The van der Waals surface area contributed by atoms with Gasteiger partial charge < -0.3 is 35.7 Å². The lowest BCUT2D eigenvalue weighted by Gasteiger charge is -2.32. The van der Waals surface area contributed by atoms with Crippen LogP contribution in [-0.4, -0.2) is 64.7 Å². The Kier molecular flexibility index (Phi) is 9.67. The van der Waals surface area contributed by atoms with Crippen molar-refractivity contribution in [2.45, 2.75) is 87.0 Å². The van der Waals surface area contributed by atoms with Crippen LogP contribution in [0.4, 0.5) is 0 Å². The van der Waals surface area contributed by atoms with Crippen LogP contribution in [0.2, 0.25) is 0 Å². The van der Waals surface area contributed by atoms with E-state index in [1.54, 1.807) is 13.8 Å². The monoisotopic (exact) mass is 640 g/mol. The molecule has 0 spiro atoms. The molecule has 2 aliphatic carbocycles. The second kappa shape index (κ2) is 12.5. The van der Waals surface area contributed by atoms with Crippen molar-refractivity contribution in [2.24, 2.45) is 10.8 Å². The van der Waals surface area contributed by atoms with Gasteiger partial charge in [-0.05, 0) is 47.5 Å². The molecule has 248 valence electrons. The number of allylic oxidation sites excluding steroid dienone is 6. The van der Waals surface area contributed by atoms with Crippen LogP contribution in [0.1, 0.15) is 95.6 Å². The normalized spacial score (nSPS) is 18.1. The number of ketones is 5. The third kappa shape index (κ3) is 5.56. The third-order valence-electron chi connectivity index (χ3n) is 8.58. The first-order valence-corrected chi connectivity index (χ1v) is 14.9. The van der Waals surface area contributed by atoms with E-state index >= 15 is 0 Å². The van der Waals surface area contributed by atoms with E-state index in [2.05, 4.69) is 0 Å². The molecular weight excluding hydrogens is 600 g/mol. The number of Topliss-reactive ketones (excluding diaryl/α,β-unsaturated/α-hetero) is 5. The minimum Gasteiger partial charge on any atom is -0.511 e. The fourth-order valence-electron chi connectivity index (χ4n) is 5.73. The Hall–Kier alpha value is -4.87. The second-order valence-electron chi connectivity index (χ2n) is 12.6. The molecule has 3 rings (SSSR count). The van der Waals surface area contributed by atoms with Crippen molar-refractivity contribution in [1.82, 2.24) is 0 Å². The average Bonchev–Trinajstić information content (AvgIpc) is 2.95. The molecule has 0 heterocycles. The Morgan fingerprint density at radius 3 is 1.35 bits per heavy atom. The predicted octanol–water partition coefficient (Wildman–Crippen LogP) is 5.30. The van der Waals surface area contributed by atoms with Crippen LogP contribution in [0.3, 0.4) is 0 Å². The maximum Gasteiger partial charge on any atom is 0.183 e. The Morgan fingerprint density at radius 1 is 0.587 bits per heavy atom. The van der Waals surface area contributed by atoms with Crippen LogP contribution < -0.4 is 0 Å². The van der Waals surface area contributed by atoms with E-state index in [0.29, 0.717) is 6.42 Å². The highest BCUT2D eigenvalue weighted by Gasteiger charge is 2.47. The van der Waals surface area contributed by atoms with E-state index in [9.17, 15) is 59.7 Å². The van der Waals surface area contributed by atoms with Crippen LogP contribution in [0.15, 0.2) is 45.3 Å². The summed E-state index contributed by atoms with van der Waals surface area (Å²) in [5, 5.41) is 78.2. The highest BCUT2D eigenvalue weighted by Crippen LogP contribution is 2.49. The molecule has 0 bridgehead atoms. The van der Waals surface area contributed by atoms with Gasteiger partial charge in [-0.1, -0.05) is 13.8 Å². The van der Waals surface area contributed by atoms with E-state index < -0.39 is 132 Å². The van der Waals surface area contributed by atoms with E-state index in [1.165, 1.54) is 27.7 Å². The number of aromatic hydroxyl groups is 3. The first kappa shape index (κ1) is 35.6. The molecule has 46 heavy (non-hydrogen) atoms. The number of carbonyl (C=O) groups excluding carboxylic acids is 5. The van der Waals surface area contributed by atoms with Gasteiger partial charge in [0, 0.05) is 48.0 Å². The summed E-state index contributed by atoms with van der Waals surface area (Å²) >= 11 is 0. The molecule has 2 aliphatic rings. The lowest BCUT2D eigenvalue weighted by Crippen LogP contribution is -2.37. The summed E-state index contributed by atoms with van der Waals surface area (Å²) in [7, 11) is 0. The van der Waals surface area contributed by atoms with Crippen molar-refractivity contribution in [1.29, 1.82) is 0 Å². The molecular formula is C34H40O12. The molecule has 0 atom stereocenters. The molecule has 0 radical (unpaired) electrons. The van der Waals surface area contributed by atoms with E-state index in [-0.39, 0.29) is 19.3 Å². The highest BCUT2D eigenvalue weighted by atomic mass is 16.3. The summed E-state index contributed by atoms with van der Waals surface area (Å²) in [5.74, 6) is -9.84. The number of hydrogen-bond acceptors (Lipinski definition) is 12. The van der Waals surface area contributed by atoms with Gasteiger partial charge in [-0.3, -0.25) is 24.0 Å². The van der Waals surface area contributed by atoms with Gasteiger partial charge in [-0.25, -0.2) is 0 Å². The Morgan fingerprint density at radius 2 is 0.957 bits per heavy atom. The number of rotatable bonds is 11. The van der Waals surface area contributed by atoms with Gasteiger partial charge in [0.15, 0.2) is 28.9 Å². The van der Waals surface area contributed by atoms with Crippen molar-refractivity contribution in [2.75, 3.05) is 0 Å². The van der Waals surface area contributed by atoms with Crippen LogP contribution in [0.25, 0.3) is 0 Å². The Labute approximate surface area is 265 Å². The minimum absolute atomic E-state index is 0.0957. The van der Waals surface area contributed by atoms with Crippen molar-refractivity contribution >= 4 is 28.9 Å². The number of aliphatic hydroxyl groups excluding tert-OH is 4. The summed E-state index contributed by atoms with van der Waals surface area (Å²) in [6.07, 6.45) is -1.13. The lowest BCUT2D eigenvalue weighted by atomic mass is 9.72. The summed E-state index contributed by atoms with van der Waals surface area (Å²) in [6.45, 7) is 9.61.